The van der Waals surface area contributed by atoms with Gasteiger partial charge < -0.3 is 10.8 Å². The molecular formula is C18H21NO2. The molecule has 0 saturated heterocycles. The number of hydrogen-bond donors (Lipinski definition) is 2. The van der Waals surface area contributed by atoms with Crippen LogP contribution in [0.1, 0.15) is 18.9 Å². The Morgan fingerprint density at radius 3 is 2.38 bits per heavy atom. The molecule has 0 bridgehead atoms. The highest BCUT2D eigenvalue weighted by Gasteiger charge is 2.16. The van der Waals surface area contributed by atoms with E-state index >= 15 is 0 Å². The van der Waals surface area contributed by atoms with Gasteiger partial charge in [0.05, 0.1) is 5.92 Å². The van der Waals surface area contributed by atoms with Gasteiger partial charge in [0.15, 0.2) is 0 Å². The van der Waals surface area contributed by atoms with E-state index in [1.807, 2.05) is 30.3 Å². The van der Waals surface area contributed by atoms with Crippen LogP contribution in [0.5, 0.6) is 0 Å². The van der Waals surface area contributed by atoms with Crippen LogP contribution in [-0.2, 0) is 11.2 Å². The molecule has 2 aromatic rings. The highest BCUT2D eigenvalue weighted by molar-refractivity contribution is 5.69. The summed E-state index contributed by atoms with van der Waals surface area (Å²) in [5.74, 6) is -1.20. The lowest BCUT2D eigenvalue weighted by Gasteiger charge is -2.17. The van der Waals surface area contributed by atoms with Crippen LogP contribution in [0.15, 0.2) is 54.6 Å². The molecule has 0 aliphatic rings. The Morgan fingerprint density at radius 1 is 1.10 bits per heavy atom. The number of hydrogen-bond acceptors (Lipinski definition) is 2. The molecule has 0 fully saturated rings. The molecule has 0 aliphatic heterocycles. The van der Waals surface area contributed by atoms with E-state index < -0.39 is 11.9 Å². The van der Waals surface area contributed by atoms with Crippen molar-refractivity contribution in [3.05, 3.63) is 60.2 Å². The van der Waals surface area contributed by atoms with Crippen LogP contribution < -0.4 is 5.73 Å². The fourth-order valence-corrected chi connectivity index (χ4v) is 2.52. The quantitative estimate of drug-likeness (QED) is 0.854. The highest BCUT2D eigenvalue weighted by Crippen LogP contribution is 2.25. The Labute approximate surface area is 125 Å². The molecule has 2 atom stereocenters. The summed E-state index contributed by atoms with van der Waals surface area (Å²) < 4.78 is 0. The first-order chi connectivity index (χ1) is 10.1. The molecule has 2 rings (SSSR count). The van der Waals surface area contributed by atoms with Gasteiger partial charge in [-0.1, -0.05) is 61.5 Å². The lowest BCUT2D eigenvalue weighted by atomic mass is 9.92. The molecule has 2 aromatic carbocycles. The van der Waals surface area contributed by atoms with Crippen molar-refractivity contribution in [2.45, 2.75) is 25.8 Å². The second kappa shape index (κ2) is 7.04. The molecule has 0 saturated carbocycles. The number of rotatable bonds is 6. The van der Waals surface area contributed by atoms with Gasteiger partial charge in [-0.25, -0.2) is 0 Å². The van der Waals surface area contributed by atoms with E-state index in [2.05, 4.69) is 24.3 Å². The smallest absolute Gasteiger partial charge is 0.306 e. The van der Waals surface area contributed by atoms with Gasteiger partial charge in [-0.2, -0.15) is 0 Å². The van der Waals surface area contributed by atoms with Gasteiger partial charge in [0.2, 0.25) is 0 Å². The summed E-state index contributed by atoms with van der Waals surface area (Å²) >= 11 is 0. The molecule has 110 valence electrons. The lowest BCUT2D eigenvalue weighted by molar-refractivity contribution is -0.141. The molecule has 0 aliphatic carbocycles. The van der Waals surface area contributed by atoms with E-state index in [4.69, 9.17) is 10.8 Å². The largest absolute Gasteiger partial charge is 0.481 e. The van der Waals surface area contributed by atoms with Crippen molar-refractivity contribution < 1.29 is 9.90 Å². The maximum atomic E-state index is 10.9. The van der Waals surface area contributed by atoms with E-state index in [0.29, 0.717) is 12.8 Å². The fourth-order valence-electron chi connectivity index (χ4n) is 2.52. The lowest BCUT2D eigenvalue weighted by Crippen LogP contribution is -2.28. The predicted octanol–water partition coefficient (Wildman–Crippen LogP) is 3.33. The summed E-state index contributed by atoms with van der Waals surface area (Å²) in [6, 6.07) is 18.2. The Morgan fingerprint density at radius 2 is 1.71 bits per heavy atom. The third kappa shape index (κ3) is 4.17. The van der Waals surface area contributed by atoms with Crippen LogP contribution in [-0.4, -0.2) is 17.1 Å². The summed E-state index contributed by atoms with van der Waals surface area (Å²) in [5, 5.41) is 8.97. The first kappa shape index (κ1) is 15.3. The zero-order valence-corrected chi connectivity index (χ0v) is 12.2. The van der Waals surface area contributed by atoms with E-state index in [1.54, 1.807) is 6.92 Å². The van der Waals surface area contributed by atoms with Gasteiger partial charge in [-0.15, -0.1) is 0 Å². The van der Waals surface area contributed by atoms with Crippen LogP contribution >= 0.6 is 0 Å². The van der Waals surface area contributed by atoms with Crippen molar-refractivity contribution in [1.82, 2.24) is 0 Å². The number of benzene rings is 2. The zero-order chi connectivity index (χ0) is 15.2. The van der Waals surface area contributed by atoms with Crippen molar-refractivity contribution in [2.75, 3.05) is 0 Å². The number of carboxylic acids is 1. The molecule has 0 radical (unpaired) electrons. The monoisotopic (exact) mass is 283 g/mol. The van der Waals surface area contributed by atoms with Crippen LogP contribution in [0.2, 0.25) is 0 Å². The van der Waals surface area contributed by atoms with E-state index in [9.17, 15) is 4.79 Å². The second-order valence-corrected chi connectivity index (χ2v) is 5.46. The number of aliphatic carboxylic acids is 1. The highest BCUT2D eigenvalue weighted by atomic mass is 16.4. The van der Waals surface area contributed by atoms with Crippen LogP contribution in [0.4, 0.5) is 0 Å². The van der Waals surface area contributed by atoms with Gasteiger partial charge >= 0.3 is 5.97 Å². The van der Waals surface area contributed by atoms with Crippen molar-refractivity contribution in [3.8, 4) is 11.1 Å². The van der Waals surface area contributed by atoms with Crippen molar-refractivity contribution >= 4 is 5.97 Å². The molecule has 3 nitrogen and oxygen atoms in total. The Balaban J connectivity index is 2.16. The first-order valence-corrected chi connectivity index (χ1v) is 7.19. The summed E-state index contributed by atoms with van der Waals surface area (Å²) in [6.07, 6.45) is 1.17. The summed E-state index contributed by atoms with van der Waals surface area (Å²) in [6.45, 7) is 1.70. The topological polar surface area (TPSA) is 63.3 Å². The van der Waals surface area contributed by atoms with Gasteiger partial charge in [-0.05, 0) is 29.5 Å². The average molecular weight is 283 g/mol. The Hall–Kier alpha value is -2.13. The molecular weight excluding hydrogens is 262 g/mol. The Bertz CT molecular complexity index is 595. The fraction of sp³-hybridized carbons (Fsp3) is 0.278. The minimum absolute atomic E-state index is 0.152. The molecule has 0 heterocycles. The van der Waals surface area contributed by atoms with Crippen LogP contribution in [0.25, 0.3) is 11.1 Å². The summed E-state index contributed by atoms with van der Waals surface area (Å²) in [4.78, 5) is 10.9. The van der Waals surface area contributed by atoms with E-state index in [-0.39, 0.29) is 6.04 Å². The van der Waals surface area contributed by atoms with Gasteiger partial charge in [0.1, 0.15) is 0 Å². The van der Waals surface area contributed by atoms with Crippen LogP contribution in [0, 0.1) is 5.92 Å². The molecule has 21 heavy (non-hydrogen) atoms. The number of carbonyl (C=O) groups is 1. The minimum atomic E-state index is -0.790. The molecule has 0 spiro atoms. The standard InChI is InChI=1S/C18H21NO2/c1-13(18(20)21)11-16(19)12-15-9-5-6-10-17(15)14-7-3-2-4-8-14/h2-10,13,16H,11-12,19H2,1H3,(H,20,21). The third-order valence-electron chi connectivity index (χ3n) is 3.66. The summed E-state index contributed by atoms with van der Waals surface area (Å²) in [7, 11) is 0. The van der Waals surface area contributed by atoms with Crippen molar-refractivity contribution in [3.63, 3.8) is 0 Å². The average Bonchev–Trinajstić information content (AvgIpc) is 2.48. The minimum Gasteiger partial charge on any atom is -0.481 e. The normalized spacial score (nSPS) is 13.6. The van der Waals surface area contributed by atoms with E-state index in [0.717, 1.165) is 16.7 Å². The van der Waals surface area contributed by atoms with Crippen molar-refractivity contribution in [2.24, 2.45) is 11.7 Å². The molecule has 0 amide bonds. The van der Waals surface area contributed by atoms with Gasteiger partial charge in [-0.3, -0.25) is 4.79 Å². The molecule has 3 heteroatoms. The van der Waals surface area contributed by atoms with Crippen molar-refractivity contribution in [1.29, 1.82) is 0 Å². The maximum absolute atomic E-state index is 10.9. The SMILES string of the molecule is CC(CC(N)Cc1ccccc1-c1ccccc1)C(=O)O. The van der Waals surface area contributed by atoms with Gasteiger partial charge in [0.25, 0.3) is 0 Å². The van der Waals surface area contributed by atoms with Crippen LogP contribution in [0.3, 0.4) is 0 Å². The second-order valence-electron chi connectivity index (χ2n) is 5.46. The molecule has 3 N–H and O–H groups in total. The predicted molar refractivity (Wildman–Crippen MR) is 85.0 cm³/mol. The first-order valence-electron chi connectivity index (χ1n) is 7.19. The molecule has 0 aromatic heterocycles. The zero-order valence-electron chi connectivity index (χ0n) is 12.2. The maximum Gasteiger partial charge on any atom is 0.306 e. The summed E-state index contributed by atoms with van der Waals surface area (Å²) in [5.41, 5.74) is 9.61. The van der Waals surface area contributed by atoms with E-state index in [1.165, 1.54) is 0 Å². The molecule has 2 unspecified atom stereocenters. The number of nitrogens with two attached hydrogens (primary N) is 1. The Kier molecular flexibility index (Phi) is 5.12. The van der Waals surface area contributed by atoms with Gasteiger partial charge in [0, 0.05) is 6.04 Å². The third-order valence-corrected chi connectivity index (χ3v) is 3.66. The number of carboxylic acid groups (broad SMARTS) is 1.